The van der Waals surface area contributed by atoms with Crippen molar-refractivity contribution >= 4 is 0 Å². The molecular weight excluding hydrogens is 190 g/mol. The number of hydrogen-bond acceptors (Lipinski definition) is 3. The average Bonchev–Trinajstić information content (AvgIpc) is 2.59. The lowest BCUT2D eigenvalue weighted by molar-refractivity contribution is 0.127. The Morgan fingerprint density at radius 1 is 1.53 bits per heavy atom. The summed E-state index contributed by atoms with van der Waals surface area (Å²) >= 11 is 0. The van der Waals surface area contributed by atoms with Crippen molar-refractivity contribution in [2.75, 3.05) is 13.2 Å². The van der Waals surface area contributed by atoms with Crippen molar-refractivity contribution in [1.82, 2.24) is 9.55 Å². The van der Waals surface area contributed by atoms with E-state index < -0.39 is 0 Å². The third-order valence-electron chi connectivity index (χ3n) is 2.06. The van der Waals surface area contributed by atoms with E-state index in [-0.39, 0.29) is 6.04 Å². The van der Waals surface area contributed by atoms with Gasteiger partial charge in [-0.3, -0.25) is 0 Å². The first-order valence-electron chi connectivity index (χ1n) is 5.56. The molecule has 1 aromatic rings. The quantitative estimate of drug-likeness (QED) is 0.689. The molecule has 0 bridgehead atoms. The maximum Gasteiger partial charge on any atom is 0.0950 e. The predicted molar refractivity (Wildman–Crippen MR) is 60.7 cm³/mol. The van der Waals surface area contributed by atoms with Crippen molar-refractivity contribution < 1.29 is 4.74 Å². The molecule has 1 unspecified atom stereocenters. The molecule has 4 nitrogen and oxygen atoms in total. The van der Waals surface area contributed by atoms with Gasteiger partial charge in [-0.25, -0.2) is 4.98 Å². The highest BCUT2D eigenvalue weighted by molar-refractivity contribution is 4.98. The number of aromatic nitrogens is 2. The minimum Gasteiger partial charge on any atom is -0.380 e. The fraction of sp³-hybridized carbons (Fsp3) is 0.727. The number of nitrogens with zero attached hydrogens (tertiary/aromatic N) is 2. The van der Waals surface area contributed by atoms with Crippen LogP contribution in [0.2, 0.25) is 0 Å². The van der Waals surface area contributed by atoms with E-state index in [1.54, 1.807) is 0 Å². The van der Waals surface area contributed by atoms with Crippen LogP contribution in [0.1, 0.15) is 26.0 Å². The molecular formula is C11H21N3O. The second-order valence-corrected chi connectivity index (χ2v) is 3.90. The fourth-order valence-corrected chi connectivity index (χ4v) is 1.38. The minimum absolute atomic E-state index is 0.171. The van der Waals surface area contributed by atoms with E-state index in [1.807, 2.05) is 24.0 Å². The van der Waals surface area contributed by atoms with Gasteiger partial charge in [0.25, 0.3) is 0 Å². The Balaban J connectivity index is 2.26. The highest BCUT2D eigenvalue weighted by atomic mass is 16.5. The van der Waals surface area contributed by atoms with Gasteiger partial charge in [0, 0.05) is 31.8 Å². The molecule has 0 fully saturated rings. The molecule has 0 aliphatic heterocycles. The predicted octanol–water partition coefficient (Wildman–Crippen LogP) is 1.20. The molecule has 1 atom stereocenters. The topological polar surface area (TPSA) is 53.1 Å². The van der Waals surface area contributed by atoms with Gasteiger partial charge in [-0.1, -0.05) is 6.92 Å². The number of ether oxygens (including phenoxy) is 1. The molecule has 2 N–H and O–H groups in total. The van der Waals surface area contributed by atoms with Crippen molar-refractivity contribution in [3.8, 4) is 0 Å². The van der Waals surface area contributed by atoms with Crippen molar-refractivity contribution in [3.63, 3.8) is 0 Å². The van der Waals surface area contributed by atoms with Crippen molar-refractivity contribution in [2.45, 2.75) is 39.3 Å². The average molecular weight is 211 g/mol. The van der Waals surface area contributed by atoms with Crippen LogP contribution in [-0.4, -0.2) is 28.8 Å². The summed E-state index contributed by atoms with van der Waals surface area (Å²) in [5, 5.41) is 0. The van der Waals surface area contributed by atoms with Crippen LogP contribution in [0.5, 0.6) is 0 Å². The molecule has 0 saturated carbocycles. The Morgan fingerprint density at radius 2 is 2.33 bits per heavy atom. The van der Waals surface area contributed by atoms with Gasteiger partial charge in [0.1, 0.15) is 0 Å². The van der Waals surface area contributed by atoms with Crippen LogP contribution in [0.15, 0.2) is 12.5 Å². The zero-order valence-electron chi connectivity index (χ0n) is 9.65. The Morgan fingerprint density at radius 3 is 3.00 bits per heavy atom. The molecule has 0 aromatic carbocycles. The van der Waals surface area contributed by atoms with Crippen LogP contribution in [-0.2, 0) is 17.7 Å². The van der Waals surface area contributed by atoms with Crippen LogP contribution in [0.25, 0.3) is 0 Å². The summed E-state index contributed by atoms with van der Waals surface area (Å²) in [5.41, 5.74) is 6.76. The third-order valence-corrected chi connectivity index (χ3v) is 2.06. The van der Waals surface area contributed by atoms with E-state index in [0.29, 0.717) is 0 Å². The standard InChI is InChI=1S/C11H21N3O/c1-3-5-15-6-4-14-8-11(13-9-14)7-10(2)12/h8-10H,3-7,12H2,1-2H3. The van der Waals surface area contributed by atoms with Gasteiger partial charge in [-0.15, -0.1) is 0 Å². The van der Waals surface area contributed by atoms with E-state index >= 15 is 0 Å². The Hall–Kier alpha value is -0.870. The summed E-state index contributed by atoms with van der Waals surface area (Å²) in [6.45, 7) is 6.55. The molecule has 1 rings (SSSR count). The fourth-order valence-electron chi connectivity index (χ4n) is 1.38. The van der Waals surface area contributed by atoms with Crippen LogP contribution in [0, 0.1) is 0 Å². The molecule has 0 amide bonds. The minimum atomic E-state index is 0.171. The van der Waals surface area contributed by atoms with Gasteiger partial charge < -0.3 is 15.0 Å². The molecule has 4 heteroatoms. The van der Waals surface area contributed by atoms with Crippen LogP contribution in [0.4, 0.5) is 0 Å². The molecule has 15 heavy (non-hydrogen) atoms. The summed E-state index contributed by atoms with van der Waals surface area (Å²) in [5.74, 6) is 0. The zero-order chi connectivity index (χ0) is 11.1. The van der Waals surface area contributed by atoms with Crippen molar-refractivity contribution in [3.05, 3.63) is 18.2 Å². The van der Waals surface area contributed by atoms with Gasteiger partial charge in [0.15, 0.2) is 0 Å². The molecule has 0 spiro atoms. The molecule has 0 saturated heterocycles. The lowest BCUT2D eigenvalue weighted by atomic mass is 10.2. The molecule has 0 aliphatic rings. The van der Waals surface area contributed by atoms with E-state index in [9.17, 15) is 0 Å². The van der Waals surface area contributed by atoms with E-state index in [1.165, 1.54) is 0 Å². The summed E-state index contributed by atoms with van der Waals surface area (Å²) in [4.78, 5) is 4.28. The zero-order valence-corrected chi connectivity index (χ0v) is 9.65. The number of imidazole rings is 1. The van der Waals surface area contributed by atoms with Crippen LogP contribution < -0.4 is 5.73 Å². The second-order valence-electron chi connectivity index (χ2n) is 3.90. The number of rotatable bonds is 7. The first-order valence-corrected chi connectivity index (χ1v) is 5.56. The van der Waals surface area contributed by atoms with Crippen LogP contribution in [0.3, 0.4) is 0 Å². The van der Waals surface area contributed by atoms with Crippen molar-refractivity contribution in [2.24, 2.45) is 5.73 Å². The van der Waals surface area contributed by atoms with E-state index in [4.69, 9.17) is 10.5 Å². The summed E-state index contributed by atoms with van der Waals surface area (Å²) < 4.78 is 7.45. The molecule has 1 aromatic heterocycles. The van der Waals surface area contributed by atoms with Crippen molar-refractivity contribution in [1.29, 1.82) is 0 Å². The third kappa shape index (κ3) is 4.95. The summed E-state index contributed by atoms with van der Waals surface area (Å²) in [7, 11) is 0. The normalized spacial score (nSPS) is 13.0. The Labute approximate surface area is 91.4 Å². The number of nitrogens with two attached hydrogens (primary N) is 1. The monoisotopic (exact) mass is 211 g/mol. The molecule has 86 valence electrons. The maximum absolute atomic E-state index is 5.70. The largest absolute Gasteiger partial charge is 0.380 e. The molecule has 1 heterocycles. The second kappa shape index (κ2) is 6.58. The van der Waals surface area contributed by atoms with Gasteiger partial charge in [0.2, 0.25) is 0 Å². The SMILES string of the molecule is CCCOCCn1cnc(CC(C)N)c1. The molecule has 0 aliphatic carbocycles. The van der Waals surface area contributed by atoms with Gasteiger partial charge in [0.05, 0.1) is 18.6 Å². The van der Waals surface area contributed by atoms with Gasteiger partial charge in [-0.05, 0) is 13.3 Å². The summed E-state index contributed by atoms with van der Waals surface area (Å²) in [6, 6.07) is 0.171. The van der Waals surface area contributed by atoms with E-state index in [0.717, 1.165) is 38.3 Å². The lowest BCUT2D eigenvalue weighted by Crippen LogP contribution is -2.17. The first-order chi connectivity index (χ1) is 7.22. The van der Waals surface area contributed by atoms with Gasteiger partial charge >= 0.3 is 0 Å². The highest BCUT2D eigenvalue weighted by Crippen LogP contribution is 1.99. The first kappa shape index (κ1) is 12.2. The maximum atomic E-state index is 5.70. The highest BCUT2D eigenvalue weighted by Gasteiger charge is 2.01. The summed E-state index contributed by atoms with van der Waals surface area (Å²) in [6.07, 6.45) is 5.79. The lowest BCUT2D eigenvalue weighted by Gasteiger charge is -2.03. The number of hydrogen-bond donors (Lipinski definition) is 1. The Kier molecular flexibility index (Phi) is 5.36. The Bertz CT molecular complexity index is 271. The molecule has 0 radical (unpaired) electrons. The van der Waals surface area contributed by atoms with Gasteiger partial charge in [-0.2, -0.15) is 0 Å². The van der Waals surface area contributed by atoms with Crippen LogP contribution >= 0.6 is 0 Å². The van der Waals surface area contributed by atoms with E-state index in [2.05, 4.69) is 11.9 Å². The smallest absolute Gasteiger partial charge is 0.0950 e.